The lowest BCUT2D eigenvalue weighted by atomic mass is 10.1. The van der Waals surface area contributed by atoms with Gasteiger partial charge in [0.2, 0.25) is 5.91 Å². The number of carbonyl (C=O) groups excluding carboxylic acids is 2. The number of amides is 1. The van der Waals surface area contributed by atoms with E-state index in [-0.39, 0.29) is 6.10 Å². The largest absolute Gasteiger partial charge is 0.455 e. The number of rotatable bonds is 4. The van der Waals surface area contributed by atoms with Gasteiger partial charge in [0.25, 0.3) is 0 Å². The van der Waals surface area contributed by atoms with Crippen molar-refractivity contribution < 1.29 is 14.3 Å². The zero-order chi connectivity index (χ0) is 12.1. The Hall–Kier alpha value is -2.10. The van der Waals surface area contributed by atoms with E-state index in [1.807, 2.05) is 0 Å². The molecule has 0 aliphatic rings. The van der Waals surface area contributed by atoms with Crippen molar-refractivity contribution in [3.63, 3.8) is 0 Å². The fraction of sp³-hybridized carbons (Fsp3) is 0.167. The van der Waals surface area contributed by atoms with Crippen molar-refractivity contribution in [2.24, 2.45) is 5.73 Å². The van der Waals surface area contributed by atoms with E-state index in [4.69, 9.17) is 10.5 Å². The Bertz CT molecular complexity index is 409. The molecule has 0 unspecified atom stereocenters. The molecule has 4 nitrogen and oxygen atoms in total. The Morgan fingerprint density at radius 3 is 2.25 bits per heavy atom. The minimum atomic E-state index is -0.528. The second-order valence-electron chi connectivity index (χ2n) is 3.29. The van der Waals surface area contributed by atoms with Crippen LogP contribution in [0.15, 0.2) is 36.9 Å². The van der Waals surface area contributed by atoms with Gasteiger partial charge in [0, 0.05) is 5.56 Å². The van der Waals surface area contributed by atoms with Crippen LogP contribution in [0.5, 0.6) is 0 Å². The van der Waals surface area contributed by atoms with E-state index in [0.717, 1.165) is 0 Å². The SMILES string of the molecule is C=C[C@@H](C)OC(=O)c1ccc(C(N)=O)cc1. The van der Waals surface area contributed by atoms with E-state index in [2.05, 4.69) is 6.58 Å². The van der Waals surface area contributed by atoms with Crippen molar-refractivity contribution in [2.45, 2.75) is 13.0 Å². The van der Waals surface area contributed by atoms with Crippen molar-refractivity contribution in [1.82, 2.24) is 0 Å². The summed E-state index contributed by atoms with van der Waals surface area (Å²) in [6.45, 7) is 5.22. The van der Waals surface area contributed by atoms with Gasteiger partial charge in [-0.05, 0) is 31.2 Å². The Morgan fingerprint density at radius 2 is 1.81 bits per heavy atom. The number of carbonyl (C=O) groups is 2. The molecule has 0 heterocycles. The fourth-order valence-corrected chi connectivity index (χ4v) is 1.06. The van der Waals surface area contributed by atoms with Crippen molar-refractivity contribution in [3.05, 3.63) is 48.0 Å². The van der Waals surface area contributed by atoms with Gasteiger partial charge in [0.1, 0.15) is 6.10 Å². The van der Waals surface area contributed by atoms with Crippen LogP contribution in [0.2, 0.25) is 0 Å². The molecular weight excluding hydrogens is 206 g/mol. The number of primary amides is 1. The lowest BCUT2D eigenvalue weighted by Crippen LogP contribution is -2.14. The van der Waals surface area contributed by atoms with E-state index < -0.39 is 11.9 Å². The van der Waals surface area contributed by atoms with Gasteiger partial charge >= 0.3 is 5.97 Å². The molecule has 0 spiro atoms. The average molecular weight is 219 g/mol. The molecule has 0 fully saturated rings. The molecule has 0 radical (unpaired) electrons. The number of nitrogens with two attached hydrogens (primary N) is 1. The van der Waals surface area contributed by atoms with Crippen LogP contribution in [0, 0.1) is 0 Å². The minimum absolute atomic E-state index is 0.344. The summed E-state index contributed by atoms with van der Waals surface area (Å²) in [5, 5.41) is 0. The maximum absolute atomic E-state index is 11.5. The van der Waals surface area contributed by atoms with Crippen molar-refractivity contribution in [1.29, 1.82) is 0 Å². The van der Waals surface area contributed by atoms with Gasteiger partial charge in [-0.1, -0.05) is 12.7 Å². The second kappa shape index (κ2) is 5.11. The molecule has 1 rings (SSSR count). The first kappa shape index (κ1) is 12.0. The van der Waals surface area contributed by atoms with Gasteiger partial charge in [-0.15, -0.1) is 0 Å². The van der Waals surface area contributed by atoms with Gasteiger partial charge in [0.05, 0.1) is 5.56 Å². The monoisotopic (exact) mass is 219 g/mol. The highest BCUT2D eigenvalue weighted by atomic mass is 16.5. The lowest BCUT2D eigenvalue weighted by Gasteiger charge is -2.08. The zero-order valence-electron chi connectivity index (χ0n) is 8.97. The van der Waals surface area contributed by atoms with E-state index in [9.17, 15) is 9.59 Å². The Balaban J connectivity index is 2.77. The Labute approximate surface area is 93.7 Å². The summed E-state index contributed by atoms with van der Waals surface area (Å²) in [6.07, 6.45) is 1.18. The third-order valence-corrected chi connectivity index (χ3v) is 2.03. The molecule has 4 heteroatoms. The van der Waals surface area contributed by atoms with E-state index in [1.165, 1.54) is 30.3 Å². The predicted molar refractivity (Wildman–Crippen MR) is 60.0 cm³/mol. The first-order chi connectivity index (χ1) is 7.54. The van der Waals surface area contributed by atoms with E-state index >= 15 is 0 Å². The maximum atomic E-state index is 11.5. The van der Waals surface area contributed by atoms with Crippen LogP contribution in [0.3, 0.4) is 0 Å². The molecular formula is C12H13NO3. The molecule has 0 aromatic heterocycles. The Kier molecular flexibility index (Phi) is 3.83. The topological polar surface area (TPSA) is 69.4 Å². The van der Waals surface area contributed by atoms with Gasteiger partial charge in [-0.3, -0.25) is 4.79 Å². The predicted octanol–water partition coefficient (Wildman–Crippen LogP) is 1.52. The summed E-state index contributed by atoms with van der Waals surface area (Å²) in [5.74, 6) is -0.984. The molecule has 2 N–H and O–H groups in total. The number of ether oxygens (including phenoxy) is 1. The van der Waals surface area contributed by atoms with Gasteiger partial charge < -0.3 is 10.5 Å². The summed E-state index contributed by atoms with van der Waals surface area (Å²) in [4.78, 5) is 22.3. The van der Waals surface area contributed by atoms with Crippen molar-refractivity contribution in [2.75, 3.05) is 0 Å². The molecule has 0 saturated heterocycles. The van der Waals surface area contributed by atoms with Crippen LogP contribution >= 0.6 is 0 Å². The van der Waals surface area contributed by atoms with Gasteiger partial charge in [0.15, 0.2) is 0 Å². The highest BCUT2D eigenvalue weighted by Crippen LogP contribution is 2.07. The fourth-order valence-electron chi connectivity index (χ4n) is 1.06. The summed E-state index contributed by atoms with van der Waals surface area (Å²) >= 11 is 0. The third-order valence-electron chi connectivity index (χ3n) is 2.03. The number of esters is 1. The molecule has 0 aliphatic heterocycles. The van der Waals surface area contributed by atoms with Crippen molar-refractivity contribution in [3.8, 4) is 0 Å². The van der Waals surface area contributed by atoms with Crippen LogP contribution in [0.25, 0.3) is 0 Å². The van der Waals surface area contributed by atoms with Crippen LogP contribution in [0.4, 0.5) is 0 Å². The molecule has 1 atom stereocenters. The molecule has 0 saturated carbocycles. The highest BCUT2D eigenvalue weighted by molar-refractivity contribution is 5.95. The quantitative estimate of drug-likeness (QED) is 0.616. The average Bonchev–Trinajstić information content (AvgIpc) is 2.28. The first-order valence-electron chi connectivity index (χ1n) is 4.78. The molecule has 84 valence electrons. The van der Waals surface area contributed by atoms with Crippen LogP contribution in [0.1, 0.15) is 27.6 Å². The first-order valence-corrected chi connectivity index (χ1v) is 4.78. The normalized spacial score (nSPS) is 11.6. The molecule has 16 heavy (non-hydrogen) atoms. The Morgan fingerprint density at radius 1 is 1.31 bits per heavy atom. The molecule has 1 aromatic rings. The molecule has 1 amide bonds. The maximum Gasteiger partial charge on any atom is 0.338 e. The summed E-state index contributed by atoms with van der Waals surface area (Å²) in [7, 11) is 0. The van der Waals surface area contributed by atoms with Gasteiger partial charge in [-0.25, -0.2) is 4.79 Å². The summed E-state index contributed by atoms with van der Waals surface area (Å²) < 4.78 is 5.01. The van der Waals surface area contributed by atoms with Crippen LogP contribution in [-0.2, 0) is 4.74 Å². The minimum Gasteiger partial charge on any atom is -0.455 e. The highest BCUT2D eigenvalue weighted by Gasteiger charge is 2.10. The number of hydrogen-bond donors (Lipinski definition) is 1. The van der Waals surface area contributed by atoms with E-state index in [0.29, 0.717) is 11.1 Å². The van der Waals surface area contributed by atoms with Crippen molar-refractivity contribution >= 4 is 11.9 Å². The lowest BCUT2D eigenvalue weighted by molar-refractivity contribution is 0.0425. The van der Waals surface area contributed by atoms with Crippen LogP contribution < -0.4 is 5.73 Å². The van der Waals surface area contributed by atoms with E-state index in [1.54, 1.807) is 6.92 Å². The molecule has 0 bridgehead atoms. The third kappa shape index (κ3) is 2.95. The summed E-state index contributed by atoms with van der Waals surface area (Å²) in [6, 6.07) is 5.96. The molecule has 0 aliphatic carbocycles. The number of hydrogen-bond acceptors (Lipinski definition) is 3. The smallest absolute Gasteiger partial charge is 0.338 e. The summed E-state index contributed by atoms with van der Waals surface area (Å²) in [5.41, 5.74) is 5.80. The standard InChI is InChI=1S/C12H13NO3/c1-3-8(2)16-12(15)10-6-4-9(5-7-10)11(13)14/h3-8H,1H2,2H3,(H2,13,14)/t8-/m1/s1. The zero-order valence-corrected chi connectivity index (χ0v) is 8.97. The van der Waals surface area contributed by atoms with Crippen LogP contribution in [-0.4, -0.2) is 18.0 Å². The molecule has 1 aromatic carbocycles. The van der Waals surface area contributed by atoms with Gasteiger partial charge in [-0.2, -0.15) is 0 Å². The second-order valence-corrected chi connectivity index (χ2v) is 3.29. The number of benzene rings is 1.